The van der Waals surface area contributed by atoms with Crippen molar-refractivity contribution in [1.82, 2.24) is 4.90 Å². The summed E-state index contributed by atoms with van der Waals surface area (Å²) in [6, 6.07) is 32.1. The summed E-state index contributed by atoms with van der Waals surface area (Å²) in [5, 5.41) is 0. The lowest BCUT2D eigenvalue weighted by Gasteiger charge is -2.43. The molecule has 3 atom stereocenters. The van der Waals surface area contributed by atoms with Crippen LogP contribution in [0.25, 0.3) is 0 Å². The molecule has 1 fully saturated rings. The van der Waals surface area contributed by atoms with Gasteiger partial charge in [0.2, 0.25) is 0 Å². The second-order valence-electron chi connectivity index (χ2n) is 8.59. The third kappa shape index (κ3) is 3.52. The number of benzene rings is 3. The molecule has 1 saturated heterocycles. The maximum atomic E-state index is 6.77. The van der Waals surface area contributed by atoms with Crippen LogP contribution in [0, 0.1) is 0 Å². The molecule has 0 amide bonds. The zero-order valence-corrected chi connectivity index (χ0v) is 17.0. The Morgan fingerprint density at radius 3 is 2.07 bits per heavy atom. The number of aryl methyl sites for hydroxylation is 1. The lowest BCUT2D eigenvalue weighted by molar-refractivity contribution is 0.135. The van der Waals surface area contributed by atoms with Gasteiger partial charge in [0.1, 0.15) is 0 Å². The molecule has 0 bridgehead atoms. The van der Waals surface area contributed by atoms with Gasteiger partial charge >= 0.3 is 0 Å². The number of nitrogens with zero attached hydrogens (tertiary/aromatic N) is 1. The first-order valence-corrected chi connectivity index (χ1v) is 11.0. The summed E-state index contributed by atoms with van der Waals surface area (Å²) >= 11 is 0. The van der Waals surface area contributed by atoms with E-state index in [1.54, 1.807) is 0 Å². The van der Waals surface area contributed by atoms with Crippen LogP contribution < -0.4 is 5.73 Å². The Morgan fingerprint density at radius 2 is 1.38 bits per heavy atom. The van der Waals surface area contributed by atoms with Crippen molar-refractivity contribution in [3.05, 3.63) is 107 Å². The van der Waals surface area contributed by atoms with Crippen molar-refractivity contribution in [2.45, 2.75) is 49.7 Å². The Bertz CT molecular complexity index is 898. The van der Waals surface area contributed by atoms with Crippen LogP contribution in [0.1, 0.15) is 53.5 Å². The van der Waals surface area contributed by atoms with E-state index in [2.05, 4.69) is 89.8 Å². The van der Waals surface area contributed by atoms with E-state index in [4.69, 9.17) is 5.73 Å². The molecule has 2 aliphatic rings. The van der Waals surface area contributed by atoms with Crippen LogP contribution in [0.5, 0.6) is 0 Å². The molecule has 5 rings (SSSR count). The molecule has 1 aliphatic carbocycles. The van der Waals surface area contributed by atoms with Crippen molar-refractivity contribution in [3.63, 3.8) is 0 Å². The highest BCUT2D eigenvalue weighted by molar-refractivity contribution is 5.37. The first kappa shape index (κ1) is 18.6. The average molecular weight is 383 g/mol. The molecule has 29 heavy (non-hydrogen) atoms. The van der Waals surface area contributed by atoms with Crippen molar-refractivity contribution < 1.29 is 0 Å². The highest BCUT2D eigenvalue weighted by Crippen LogP contribution is 2.43. The Morgan fingerprint density at radius 1 is 0.759 bits per heavy atom. The summed E-state index contributed by atoms with van der Waals surface area (Å²) in [6.45, 7) is 1.13. The van der Waals surface area contributed by atoms with Gasteiger partial charge in [0, 0.05) is 18.0 Å². The van der Waals surface area contributed by atoms with Crippen LogP contribution >= 0.6 is 0 Å². The molecule has 0 aromatic heterocycles. The predicted octanol–water partition coefficient (Wildman–Crippen LogP) is 5.30. The minimum atomic E-state index is 0.206. The number of hydrogen-bond donors (Lipinski definition) is 1. The van der Waals surface area contributed by atoms with E-state index in [0.29, 0.717) is 18.0 Å². The van der Waals surface area contributed by atoms with Crippen molar-refractivity contribution in [2.75, 3.05) is 6.54 Å². The van der Waals surface area contributed by atoms with E-state index in [0.717, 1.165) is 19.4 Å². The molecule has 3 aromatic carbocycles. The molecule has 0 saturated carbocycles. The monoisotopic (exact) mass is 382 g/mol. The minimum Gasteiger partial charge on any atom is -0.326 e. The summed E-state index contributed by atoms with van der Waals surface area (Å²) < 4.78 is 0. The van der Waals surface area contributed by atoms with Gasteiger partial charge in [-0.3, -0.25) is 4.90 Å². The van der Waals surface area contributed by atoms with E-state index < -0.39 is 0 Å². The van der Waals surface area contributed by atoms with Gasteiger partial charge in [-0.25, -0.2) is 0 Å². The largest absolute Gasteiger partial charge is 0.326 e. The number of fused-ring (bicyclic) bond motifs is 1. The summed E-state index contributed by atoms with van der Waals surface area (Å²) in [4.78, 5) is 2.74. The number of rotatable bonds is 4. The third-order valence-corrected chi connectivity index (χ3v) is 6.93. The van der Waals surface area contributed by atoms with Gasteiger partial charge in [-0.1, -0.05) is 84.9 Å². The second kappa shape index (κ2) is 8.14. The molecule has 1 aliphatic heterocycles. The molecule has 2 N–H and O–H groups in total. The van der Waals surface area contributed by atoms with Gasteiger partial charge < -0.3 is 5.73 Å². The zero-order chi connectivity index (χ0) is 19.6. The van der Waals surface area contributed by atoms with Crippen LogP contribution in [0.2, 0.25) is 0 Å². The fourth-order valence-electron chi connectivity index (χ4n) is 5.66. The van der Waals surface area contributed by atoms with Gasteiger partial charge in [-0.05, 0) is 54.5 Å². The molecule has 3 unspecified atom stereocenters. The molecule has 3 aromatic rings. The summed E-state index contributed by atoms with van der Waals surface area (Å²) in [7, 11) is 0. The maximum absolute atomic E-state index is 6.77. The summed E-state index contributed by atoms with van der Waals surface area (Å²) in [5.41, 5.74) is 12.5. The van der Waals surface area contributed by atoms with E-state index >= 15 is 0 Å². The SMILES string of the molecule is NC1CCc2ccccc2C1N1CCCC1C(c1ccccc1)c1ccccc1. The van der Waals surface area contributed by atoms with Crippen molar-refractivity contribution in [3.8, 4) is 0 Å². The van der Waals surface area contributed by atoms with Gasteiger partial charge in [0.25, 0.3) is 0 Å². The smallest absolute Gasteiger partial charge is 0.0505 e. The fraction of sp³-hybridized carbons (Fsp3) is 0.333. The molecule has 2 heteroatoms. The normalized spacial score (nSPS) is 24.6. The van der Waals surface area contributed by atoms with Gasteiger partial charge in [-0.2, -0.15) is 0 Å². The quantitative estimate of drug-likeness (QED) is 0.664. The lowest BCUT2D eigenvalue weighted by Crippen LogP contribution is -2.47. The molecule has 0 spiro atoms. The maximum Gasteiger partial charge on any atom is 0.0505 e. The van der Waals surface area contributed by atoms with Crippen molar-refractivity contribution in [1.29, 1.82) is 0 Å². The van der Waals surface area contributed by atoms with Crippen LogP contribution in [0.4, 0.5) is 0 Å². The number of nitrogens with two attached hydrogens (primary N) is 1. The van der Waals surface area contributed by atoms with E-state index in [1.807, 2.05) is 0 Å². The second-order valence-corrected chi connectivity index (χ2v) is 8.59. The van der Waals surface area contributed by atoms with Crippen LogP contribution in [-0.2, 0) is 6.42 Å². The highest BCUT2D eigenvalue weighted by atomic mass is 15.2. The van der Waals surface area contributed by atoms with Crippen molar-refractivity contribution >= 4 is 0 Å². The molecule has 0 radical (unpaired) electrons. The topological polar surface area (TPSA) is 29.3 Å². The van der Waals surface area contributed by atoms with Gasteiger partial charge in [0.15, 0.2) is 0 Å². The van der Waals surface area contributed by atoms with Crippen LogP contribution in [-0.4, -0.2) is 23.5 Å². The molecule has 148 valence electrons. The molecule has 1 heterocycles. The highest BCUT2D eigenvalue weighted by Gasteiger charge is 2.41. The number of likely N-dealkylation sites (tertiary alicyclic amines) is 1. The summed E-state index contributed by atoms with van der Waals surface area (Å²) in [6.07, 6.45) is 4.64. The number of hydrogen-bond acceptors (Lipinski definition) is 2. The van der Waals surface area contributed by atoms with Crippen LogP contribution in [0.15, 0.2) is 84.9 Å². The lowest BCUT2D eigenvalue weighted by atomic mass is 9.80. The van der Waals surface area contributed by atoms with Gasteiger partial charge in [-0.15, -0.1) is 0 Å². The Hall–Kier alpha value is -2.42. The third-order valence-electron chi connectivity index (χ3n) is 6.93. The van der Waals surface area contributed by atoms with E-state index in [1.165, 1.54) is 35.1 Å². The molecular weight excluding hydrogens is 352 g/mol. The molecule has 2 nitrogen and oxygen atoms in total. The first-order valence-electron chi connectivity index (χ1n) is 11.0. The van der Waals surface area contributed by atoms with E-state index in [9.17, 15) is 0 Å². The average Bonchev–Trinajstić information content (AvgIpc) is 3.24. The minimum absolute atomic E-state index is 0.206. The summed E-state index contributed by atoms with van der Waals surface area (Å²) in [5.74, 6) is 0.376. The van der Waals surface area contributed by atoms with Crippen LogP contribution in [0.3, 0.4) is 0 Å². The van der Waals surface area contributed by atoms with E-state index in [-0.39, 0.29) is 6.04 Å². The predicted molar refractivity (Wildman–Crippen MR) is 120 cm³/mol. The Kier molecular flexibility index (Phi) is 5.22. The Balaban J connectivity index is 1.57. The van der Waals surface area contributed by atoms with Gasteiger partial charge in [0.05, 0.1) is 6.04 Å². The standard InChI is InChI=1S/C27H30N2/c28-24-18-17-20-10-7-8-15-23(20)27(24)29-19-9-16-25(29)26(21-11-3-1-4-12-21)22-13-5-2-6-14-22/h1-8,10-15,24-27H,9,16-19,28H2. The fourth-order valence-corrected chi connectivity index (χ4v) is 5.66. The zero-order valence-electron chi connectivity index (χ0n) is 17.0. The molecular formula is C27H30N2. The Labute approximate surface area is 174 Å². The van der Waals surface area contributed by atoms with Crippen molar-refractivity contribution in [2.24, 2.45) is 5.73 Å². The first-order chi connectivity index (χ1) is 14.3.